The molecular weight excluding hydrogens is 404 g/mol. The van der Waals surface area contributed by atoms with Crippen molar-refractivity contribution in [1.82, 2.24) is 14.0 Å². The second-order valence-electron chi connectivity index (χ2n) is 8.84. The molecule has 1 aliphatic heterocycles. The quantitative estimate of drug-likeness (QED) is 0.493. The minimum absolute atomic E-state index is 0.126. The van der Waals surface area contributed by atoms with Crippen molar-refractivity contribution in [3.8, 4) is 17.1 Å². The maximum absolute atomic E-state index is 12.9. The fourth-order valence-corrected chi connectivity index (χ4v) is 4.49. The predicted molar refractivity (Wildman–Crippen MR) is 124 cm³/mol. The first-order valence-electron chi connectivity index (χ1n) is 11.8. The van der Waals surface area contributed by atoms with Crippen LogP contribution in [0.25, 0.3) is 17.0 Å². The summed E-state index contributed by atoms with van der Waals surface area (Å²) in [7, 11) is 0. The molecule has 1 aliphatic carbocycles. The molecule has 0 unspecified atom stereocenters. The Morgan fingerprint density at radius 1 is 1.09 bits per heavy atom. The van der Waals surface area contributed by atoms with Gasteiger partial charge in [-0.2, -0.15) is 4.98 Å². The molecule has 1 saturated carbocycles. The van der Waals surface area contributed by atoms with Crippen molar-refractivity contribution in [3.05, 3.63) is 46.9 Å². The molecule has 3 aromatic rings. The molecule has 5 rings (SSSR count). The van der Waals surface area contributed by atoms with Crippen molar-refractivity contribution in [2.75, 3.05) is 11.4 Å². The Labute approximate surface area is 187 Å². The van der Waals surface area contributed by atoms with Gasteiger partial charge in [0.2, 0.25) is 17.6 Å². The highest BCUT2D eigenvalue weighted by atomic mass is 16.5. The van der Waals surface area contributed by atoms with Crippen molar-refractivity contribution in [1.29, 1.82) is 0 Å². The molecule has 7 nitrogen and oxygen atoms in total. The topological polar surface area (TPSA) is 68.8 Å². The number of rotatable bonds is 8. The highest BCUT2D eigenvalue weighted by Gasteiger charge is 2.23. The maximum atomic E-state index is 12.9. The van der Waals surface area contributed by atoms with Crippen LogP contribution in [0.1, 0.15) is 58.3 Å². The summed E-state index contributed by atoms with van der Waals surface area (Å²) in [4.78, 5) is 31.5. The smallest absolute Gasteiger partial charge is 0.262 e. The van der Waals surface area contributed by atoms with E-state index < -0.39 is 0 Å². The standard InChI is InChI=1S/C25H30N4O3/c1-2-3-4-14-28-21(18-10-12-19(13-11-18)27-15-6-9-23(27)30)17-29-24(31)16-22(26-25(28)29)32-20-7-5-8-20/h10-13,16-17,20H,2-9,14-15H2,1H3. The van der Waals surface area contributed by atoms with E-state index in [2.05, 4.69) is 11.5 Å². The Balaban J connectivity index is 1.53. The third-order valence-electron chi connectivity index (χ3n) is 6.57. The molecule has 1 amide bonds. The van der Waals surface area contributed by atoms with Gasteiger partial charge in [-0.3, -0.25) is 14.0 Å². The lowest BCUT2D eigenvalue weighted by atomic mass is 9.96. The fourth-order valence-electron chi connectivity index (χ4n) is 4.49. The molecule has 3 heterocycles. The Hall–Kier alpha value is -3.09. The van der Waals surface area contributed by atoms with E-state index in [-0.39, 0.29) is 17.6 Å². The minimum atomic E-state index is -0.126. The normalized spacial score (nSPS) is 16.7. The maximum Gasteiger partial charge on any atom is 0.262 e. The van der Waals surface area contributed by atoms with Crippen molar-refractivity contribution in [2.45, 2.75) is 70.9 Å². The van der Waals surface area contributed by atoms with Gasteiger partial charge in [-0.15, -0.1) is 0 Å². The summed E-state index contributed by atoms with van der Waals surface area (Å²) in [5.74, 6) is 1.22. The van der Waals surface area contributed by atoms with Crippen LogP contribution in [-0.4, -0.2) is 32.5 Å². The lowest BCUT2D eigenvalue weighted by Crippen LogP contribution is -2.26. The second-order valence-corrected chi connectivity index (χ2v) is 8.84. The number of imidazole rings is 1. The summed E-state index contributed by atoms with van der Waals surface area (Å²) in [5, 5.41) is 0. The monoisotopic (exact) mass is 434 g/mol. The van der Waals surface area contributed by atoms with Crippen LogP contribution in [0.3, 0.4) is 0 Å². The number of amides is 1. The molecule has 0 atom stereocenters. The number of anilines is 1. The van der Waals surface area contributed by atoms with Crippen molar-refractivity contribution < 1.29 is 9.53 Å². The Morgan fingerprint density at radius 3 is 2.56 bits per heavy atom. The number of nitrogens with zero attached hydrogens (tertiary/aromatic N) is 4. The number of carbonyl (C=O) groups excluding carboxylic acids is 1. The van der Waals surface area contributed by atoms with E-state index in [0.717, 1.165) is 68.6 Å². The highest BCUT2D eigenvalue weighted by molar-refractivity contribution is 5.95. The van der Waals surface area contributed by atoms with Gasteiger partial charge in [-0.1, -0.05) is 31.9 Å². The molecule has 1 saturated heterocycles. The summed E-state index contributed by atoms with van der Waals surface area (Å²) < 4.78 is 9.69. The SMILES string of the molecule is CCCCCn1c(-c2ccc(N3CCCC3=O)cc2)cn2c(=O)cc(OC3CCC3)nc12. The van der Waals surface area contributed by atoms with Crippen LogP contribution in [-0.2, 0) is 11.3 Å². The van der Waals surface area contributed by atoms with Gasteiger partial charge in [-0.25, -0.2) is 0 Å². The van der Waals surface area contributed by atoms with Crippen LogP contribution in [0.2, 0.25) is 0 Å². The van der Waals surface area contributed by atoms with Gasteiger partial charge in [0.05, 0.1) is 11.8 Å². The van der Waals surface area contributed by atoms with Gasteiger partial charge in [0.25, 0.3) is 5.56 Å². The number of aryl methyl sites for hydroxylation is 1. The van der Waals surface area contributed by atoms with Crippen LogP contribution >= 0.6 is 0 Å². The molecule has 2 fully saturated rings. The Kier molecular flexibility index (Phi) is 5.72. The van der Waals surface area contributed by atoms with E-state index in [4.69, 9.17) is 9.72 Å². The highest BCUT2D eigenvalue weighted by Crippen LogP contribution is 2.29. The van der Waals surface area contributed by atoms with Crippen LogP contribution in [0, 0.1) is 0 Å². The third kappa shape index (κ3) is 3.92. The van der Waals surface area contributed by atoms with E-state index in [1.165, 1.54) is 12.5 Å². The van der Waals surface area contributed by atoms with Gasteiger partial charge in [0.15, 0.2) is 0 Å². The summed E-state index contributed by atoms with van der Waals surface area (Å²) in [5.41, 5.74) is 2.75. The molecular formula is C25H30N4O3. The van der Waals surface area contributed by atoms with Crippen LogP contribution in [0.15, 0.2) is 41.3 Å². The van der Waals surface area contributed by atoms with Gasteiger partial charge in [0.1, 0.15) is 6.10 Å². The number of benzene rings is 1. The van der Waals surface area contributed by atoms with Gasteiger partial charge in [-0.05, 0) is 49.8 Å². The first kappa shape index (κ1) is 20.8. The van der Waals surface area contributed by atoms with Gasteiger partial charge in [0, 0.05) is 31.4 Å². The van der Waals surface area contributed by atoms with Crippen molar-refractivity contribution in [3.63, 3.8) is 0 Å². The number of carbonyl (C=O) groups is 1. The van der Waals surface area contributed by atoms with Gasteiger partial charge < -0.3 is 14.2 Å². The second kappa shape index (κ2) is 8.81. The first-order chi connectivity index (χ1) is 15.6. The van der Waals surface area contributed by atoms with E-state index in [0.29, 0.717) is 18.1 Å². The molecule has 0 N–H and O–H groups in total. The minimum Gasteiger partial charge on any atom is -0.474 e. The van der Waals surface area contributed by atoms with Crippen LogP contribution in [0.4, 0.5) is 5.69 Å². The van der Waals surface area contributed by atoms with Crippen molar-refractivity contribution in [2.24, 2.45) is 0 Å². The lowest BCUT2D eigenvalue weighted by Gasteiger charge is -2.25. The fraction of sp³-hybridized carbons (Fsp3) is 0.480. The number of aromatic nitrogens is 3. The predicted octanol–water partition coefficient (Wildman–Crippen LogP) is 4.41. The van der Waals surface area contributed by atoms with E-state index in [9.17, 15) is 9.59 Å². The average molecular weight is 435 g/mol. The molecule has 0 radical (unpaired) electrons. The number of ether oxygens (including phenoxy) is 1. The van der Waals surface area contributed by atoms with E-state index >= 15 is 0 Å². The number of unbranched alkanes of at least 4 members (excludes halogenated alkanes) is 2. The molecule has 2 aromatic heterocycles. The molecule has 7 heteroatoms. The molecule has 1 aromatic carbocycles. The molecule has 2 aliphatic rings. The molecule has 32 heavy (non-hydrogen) atoms. The molecule has 0 spiro atoms. The third-order valence-corrected chi connectivity index (χ3v) is 6.57. The Morgan fingerprint density at radius 2 is 1.91 bits per heavy atom. The number of hydrogen-bond donors (Lipinski definition) is 0. The van der Waals surface area contributed by atoms with Crippen molar-refractivity contribution >= 4 is 17.4 Å². The summed E-state index contributed by atoms with van der Waals surface area (Å²) in [6, 6.07) is 9.54. The average Bonchev–Trinajstić information content (AvgIpc) is 3.35. The number of fused-ring (bicyclic) bond motifs is 1. The summed E-state index contributed by atoms with van der Waals surface area (Å²) >= 11 is 0. The Bertz CT molecular complexity index is 1170. The molecule has 0 bridgehead atoms. The van der Waals surface area contributed by atoms with Crippen LogP contribution < -0.4 is 15.2 Å². The number of hydrogen-bond acceptors (Lipinski definition) is 4. The summed E-state index contributed by atoms with van der Waals surface area (Å²) in [6.07, 6.45) is 10.0. The first-order valence-corrected chi connectivity index (χ1v) is 11.8. The van der Waals surface area contributed by atoms with Crippen LogP contribution in [0.5, 0.6) is 5.88 Å². The summed E-state index contributed by atoms with van der Waals surface area (Å²) in [6.45, 7) is 3.74. The lowest BCUT2D eigenvalue weighted by molar-refractivity contribution is -0.117. The van der Waals surface area contributed by atoms with E-state index in [1.807, 2.05) is 35.4 Å². The zero-order valence-electron chi connectivity index (χ0n) is 18.6. The zero-order chi connectivity index (χ0) is 22.1. The van der Waals surface area contributed by atoms with E-state index in [1.54, 1.807) is 4.40 Å². The largest absolute Gasteiger partial charge is 0.474 e. The zero-order valence-corrected chi connectivity index (χ0v) is 18.6. The molecule has 168 valence electrons. The van der Waals surface area contributed by atoms with Gasteiger partial charge >= 0.3 is 0 Å².